The van der Waals surface area contributed by atoms with Crippen LogP contribution in [0.1, 0.15) is 62.1 Å². The minimum absolute atomic E-state index is 0.0665. The van der Waals surface area contributed by atoms with Gasteiger partial charge >= 0.3 is 0 Å². The first-order valence-electron chi connectivity index (χ1n) is 14.0. The maximum atomic E-state index is 13.5. The number of benzene rings is 3. The second-order valence-electron chi connectivity index (χ2n) is 11.0. The minimum Gasteiger partial charge on any atom is -0.342 e. The Balaban J connectivity index is 1.26. The topological polar surface area (TPSA) is 78.8 Å². The molecule has 2 fully saturated rings. The molecular formula is C32H37N3O3. The highest BCUT2D eigenvalue weighted by molar-refractivity contribution is 5.86. The smallest absolute Gasteiger partial charge is 0.289 e. The van der Waals surface area contributed by atoms with Gasteiger partial charge in [0.25, 0.3) is 5.91 Å². The number of amides is 2. The summed E-state index contributed by atoms with van der Waals surface area (Å²) in [6.45, 7) is 4.59. The molecule has 3 aromatic rings. The lowest BCUT2D eigenvalue weighted by Gasteiger charge is -2.41. The molecule has 2 unspecified atom stereocenters. The Labute approximate surface area is 224 Å². The van der Waals surface area contributed by atoms with Gasteiger partial charge in [-0.2, -0.15) is 0 Å². The Morgan fingerprint density at radius 3 is 2.34 bits per heavy atom. The number of likely N-dealkylation sites (tertiary alicyclic amines) is 1. The first-order chi connectivity index (χ1) is 18.5. The van der Waals surface area contributed by atoms with Gasteiger partial charge in [-0.05, 0) is 73.4 Å². The lowest BCUT2D eigenvalue weighted by atomic mass is 9.78. The predicted molar refractivity (Wildman–Crippen MR) is 150 cm³/mol. The Bertz CT molecular complexity index is 1260. The zero-order chi connectivity index (χ0) is 26.5. The van der Waals surface area contributed by atoms with Crippen LogP contribution in [0.5, 0.6) is 0 Å². The summed E-state index contributed by atoms with van der Waals surface area (Å²) in [5.41, 5.74) is 2.59. The van der Waals surface area contributed by atoms with Gasteiger partial charge in [-0.15, -0.1) is 4.91 Å². The van der Waals surface area contributed by atoms with E-state index in [-0.39, 0.29) is 29.7 Å². The van der Waals surface area contributed by atoms with Crippen molar-refractivity contribution in [2.75, 3.05) is 19.6 Å². The van der Waals surface area contributed by atoms with Gasteiger partial charge in [0, 0.05) is 42.1 Å². The number of fused-ring (bicyclic) bond motifs is 1. The second kappa shape index (κ2) is 12.0. The fraction of sp³-hybridized carbons (Fsp3) is 0.438. The summed E-state index contributed by atoms with van der Waals surface area (Å²) in [6.07, 6.45) is 3.42. The highest BCUT2D eigenvalue weighted by atomic mass is 16.3. The number of rotatable bonds is 7. The van der Waals surface area contributed by atoms with Crippen LogP contribution in [0.4, 0.5) is 0 Å². The summed E-state index contributed by atoms with van der Waals surface area (Å²) in [5.74, 6) is -0.0564. The Morgan fingerprint density at radius 1 is 0.895 bits per heavy atom. The van der Waals surface area contributed by atoms with Crippen LogP contribution in [0.15, 0.2) is 78.0 Å². The molecule has 3 aromatic carbocycles. The maximum absolute atomic E-state index is 13.5. The van der Waals surface area contributed by atoms with Gasteiger partial charge in [-0.3, -0.25) is 9.59 Å². The van der Waals surface area contributed by atoms with Gasteiger partial charge in [0.15, 0.2) is 0 Å². The average Bonchev–Trinajstić information content (AvgIpc) is 2.99. The van der Waals surface area contributed by atoms with Crippen molar-refractivity contribution in [3.63, 3.8) is 0 Å². The van der Waals surface area contributed by atoms with Crippen LogP contribution in [0, 0.1) is 22.7 Å². The molecule has 3 atom stereocenters. The number of hydrogen-bond acceptors (Lipinski definition) is 4. The molecule has 0 aromatic heterocycles. The monoisotopic (exact) mass is 511 g/mol. The summed E-state index contributed by atoms with van der Waals surface area (Å²) in [7, 11) is 0. The summed E-state index contributed by atoms with van der Waals surface area (Å²) in [5, 5.41) is 8.96. The van der Waals surface area contributed by atoms with E-state index >= 15 is 0 Å². The number of nitrogens with zero attached hydrogens (tertiary/aromatic N) is 2. The van der Waals surface area contributed by atoms with Crippen LogP contribution in [0.2, 0.25) is 0 Å². The van der Waals surface area contributed by atoms with Gasteiger partial charge in [0.1, 0.15) is 0 Å². The normalized spacial score (nSPS) is 24.6. The molecule has 2 aliphatic rings. The predicted octanol–water partition coefficient (Wildman–Crippen LogP) is 6.22. The maximum Gasteiger partial charge on any atom is 0.289 e. The highest BCUT2D eigenvalue weighted by Gasteiger charge is 2.37. The SMILES string of the molecule is C[C@@H](NCC1CCN(C(=O)C2CCC(C(=O)N=O)CC2)CC1c1ccccc1)c1cccc2ccccc12. The van der Waals surface area contributed by atoms with Crippen molar-refractivity contribution in [2.24, 2.45) is 22.9 Å². The van der Waals surface area contributed by atoms with Crippen molar-refractivity contribution in [3.05, 3.63) is 88.8 Å². The van der Waals surface area contributed by atoms with E-state index in [1.54, 1.807) is 0 Å². The zero-order valence-electron chi connectivity index (χ0n) is 22.1. The first-order valence-corrected chi connectivity index (χ1v) is 14.0. The fourth-order valence-electron chi connectivity index (χ4n) is 6.51. The molecule has 198 valence electrons. The summed E-state index contributed by atoms with van der Waals surface area (Å²) in [6, 6.07) is 25.8. The molecule has 0 bridgehead atoms. The van der Waals surface area contributed by atoms with Crippen molar-refractivity contribution in [3.8, 4) is 0 Å². The highest BCUT2D eigenvalue weighted by Crippen LogP contribution is 2.36. The van der Waals surface area contributed by atoms with Crippen molar-refractivity contribution in [1.82, 2.24) is 10.2 Å². The summed E-state index contributed by atoms with van der Waals surface area (Å²) < 4.78 is 0. The molecule has 38 heavy (non-hydrogen) atoms. The van der Waals surface area contributed by atoms with Crippen molar-refractivity contribution >= 4 is 22.6 Å². The zero-order valence-corrected chi connectivity index (χ0v) is 22.1. The standard InChI is InChI=1S/C32H37N3O3/c1-22(28-13-7-11-23-10-5-6-12-29(23)28)33-20-27-18-19-35(21-30(27)24-8-3-2-4-9-24)32(37)26-16-14-25(15-17-26)31(36)34-38/h2-13,22,25-27,30,33H,14-21H2,1H3/t22-,25?,26?,27?,30?/m1/s1. The number of carbonyl (C=O) groups excluding carboxylic acids is 2. The molecule has 1 saturated carbocycles. The molecule has 6 nitrogen and oxygen atoms in total. The van der Waals surface area contributed by atoms with Crippen molar-refractivity contribution in [1.29, 1.82) is 0 Å². The Kier molecular flexibility index (Phi) is 8.28. The van der Waals surface area contributed by atoms with Crippen LogP contribution >= 0.6 is 0 Å². The molecule has 1 aliphatic carbocycles. The molecular weight excluding hydrogens is 474 g/mol. The van der Waals surface area contributed by atoms with Crippen LogP contribution in [0.25, 0.3) is 10.8 Å². The second-order valence-corrected chi connectivity index (χ2v) is 11.0. The molecule has 6 heteroatoms. The van der Waals surface area contributed by atoms with Gasteiger partial charge in [-0.25, -0.2) is 0 Å². The fourth-order valence-corrected chi connectivity index (χ4v) is 6.51. The number of carbonyl (C=O) groups is 2. The molecule has 1 saturated heterocycles. The van der Waals surface area contributed by atoms with Crippen LogP contribution in [-0.4, -0.2) is 36.3 Å². The van der Waals surface area contributed by atoms with Crippen LogP contribution < -0.4 is 5.32 Å². The first kappa shape index (κ1) is 26.2. The summed E-state index contributed by atoms with van der Waals surface area (Å²) >= 11 is 0. The molecule has 5 rings (SSSR count). The Hall–Kier alpha value is -3.38. The molecule has 0 radical (unpaired) electrons. The third-order valence-corrected chi connectivity index (χ3v) is 8.79. The van der Waals surface area contributed by atoms with Gasteiger partial charge in [-0.1, -0.05) is 72.8 Å². The molecule has 0 spiro atoms. The van der Waals surface area contributed by atoms with E-state index in [0.717, 1.165) is 19.5 Å². The lowest BCUT2D eigenvalue weighted by molar-refractivity contribution is -0.139. The molecule has 1 aliphatic heterocycles. The average molecular weight is 512 g/mol. The van der Waals surface area contributed by atoms with E-state index in [0.29, 0.717) is 38.1 Å². The van der Waals surface area contributed by atoms with Gasteiger partial charge in [0.05, 0.1) is 0 Å². The van der Waals surface area contributed by atoms with Gasteiger partial charge < -0.3 is 10.2 Å². The van der Waals surface area contributed by atoms with Gasteiger partial charge in [0.2, 0.25) is 5.91 Å². The van der Waals surface area contributed by atoms with Crippen LogP contribution in [0.3, 0.4) is 0 Å². The number of piperidine rings is 1. The van der Waals surface area contributed by atoms with E-state index in [1.165, 1.54) is 21.9 Å². The van der Waals surface area contributed by atoms with Crippen molar-refractivity contribution < 1.29 is 9.59 Å². The molecule has 1 N–H and O–H groups in total. The van der Waals surface area contributed by atoms with E-state index in [2.05, 4.69) is 84.1 Å². The largest absolute Gasteiger partial charge is 0.342 e. The molecule has 2 amide bonds. The minimum atomic E-state index is -0.564. The number of hydrogen-bond donors (Lipinski definition) is 1. The third kappa shape index (κ3) is 5.70. The summed E-state index contributed by atoms with van der Waals surface area (Å²) in [4.78, 5) is 37.8. The van der Waals surface area contributed by atoms with E-state index in [9.17, 15) is 14.5 Å². The van der Waals surface area contributed by atoms with E-state index < -0.39 is 5.91 Å². The number of nitrogens with one attached hydrogen (secondary N) is 1. The quantitative estimate of drug-likeness (QED) is 0.382. The van der Waals surface area contributed by atoms with E-state index in [1.807, 2.05) is 11.0 Å². The third-order valence-electron chi connectivity index (χ3n) is 8.79. The Morgan fingerprint density at radius 2 is 1.58 bits per heavy atom. The van der Waals surface area contributed by atoms with Crippen LogP contribution in [-0.2, 0) is 9.59 Å². The van der Waals surface area contributed by atoms with E-state index in [4.69, 9.17) is 0 Å². The lowest BCUT2D eigenvalue weighted by Crippen LogP contribution is -2.48. The molecule has 1 heterocycles. The number of nitroso groups, excluding NO2 is 1. The van der Waals surface area contributed by atoms with Crippen molar-refractivity contribution in [2.45, 2.75) is 51.0 Å².